The van der Waals surface area contributed by atoms with Crippen LogP contribution in [0.25, 0.3) is 16.7 Å². The van der Waals surface area contributed by atoms with Crippen molar-refractivity contribution in [3.05, 3.63) is 65.6 Å². The number of fused-ring (bicyclic) bond motifs is 1. The van der Waals surface area contributed by atoms with Gasteiger partial charge in [-0.05, 0) is 24.3 Å². The monoisotopic (exact) mass is 295 g/mol. The van der Waals surface area contributed by atoms with Crippen LogP contribution in [0.2, 0.25) is 5.02 Å². The van der Waals surface area contributed by atoms with Crippen molar-refractivity contribution >= 4 is 34.0 Å². The molecule has 0 saturated heterocycles. The zero-order valence-corrected chi connectivity index (χ0v) is 11.6. The Morgan fingerprint density at radius 2 is 1.95 bits per heavy atom. The van der Waals surface area contributed by atoms with Crippen molar-refractivity contribution in [1.82, 2.24) is 4.98 Å². The van der Waals surface area contributed by atoms with Gasteiger partial charge in [-0.15, -0.1) is 0 Å². The molecular weight excluding hydrogens is 286 g/mol. The van der Waals surface area contributed by atoms with Gasteiger partial charge in [0.1, 0.15) is 17.2 Å². The highest BCUT2D eigenvalue weighted by molar-refractivity contribution is 6.33. The first-order chi connectivity index (χ1) is 10.3. The van der Waals surface area contributed by atoms with Crippen molar-refractivity contribution in [2.24, 2.45) is 0 Å². The summed E-state index contributed by atoms with van der Waals surface area (Å²) in [6.45, 7) is 0. The third kappa shape index (κ3) is 2.73. The van der Waals surface area contributed by atoms with Crippen molar-refractivity contribution in [3.8, 4) is 6.07 Å². The first-order valence-electron chi connectivity index (χ1n) is 6.25. The van der Waals surface area contributed by atoms with Gasteiger partial charge in [-0.3, -0.25) is 0 Å². The average Bonchev–Trinajstić information content (AvgIpc) is 2.93. The Hall–Kier alpha value is -2.77. The molecule has 21 heavy (non-hydrogen) atoms. The molecule has 0 radical (unpaired) electrons. The van der Waals surface area contributed by atoms with E-state index in [-0.39, 0.29) is 5.89 Å². The van der Waals surface area contributed by atoms with Gasteiger partial charge in [0, 0.05) is 6.20 Å². The number of anilines is 1. The summed E-state index contributed by atoms with van der Waals surface area (Å²) in [4.78, 5) is 4.29. The molecule has 1 N–H and O–H groups in total. The van der Waals surface area contributed by atoms with Gasteiger partial charge in [-0.1, -0.05) is 35.9 Å². The van der Waals surface area contributed by atoms with Crippen LogP contribution < -0.4 is 5.32 Å². The summed E-state index contributed by atoms with van der Waals surface area (Å²) in [5.74, 6) is 0.276. The molecular formula is C16H10ClN3O. The molecule has 0 amide bonds. The van der Waals surface area contributed by atoms with Crippen molar-refractivity contribution < 1.29 is 4.42 Å². The van der Waals surface area contributed by atoms with Crippen LogP contribution in [0.3, 0.4) is 0 Å². The number of aromatic nitrogens is 1. The molecule has 4 nitrogen and oxygen atoms in total. The number of hydrogen-bond donors (Lipinski definition) is 1. The molecule has 0 unspecified atom stereocenters. The quantitative estimate of drug-likeness (QED) is 0.725. The van der Waals surface area contributed by atoms with Gasteiger partial charge in [-0.25, -0.2) is 4.98 Å². The molecule has 102 valence electrons. The second-order valence-corrected chi connectivity index (χ2v) is 4.69. The highest BCUT2D eigenvalue weighted by Gasteiger charge is 2.10. The Kier molecular flexibility index (Phi) is 3.59. The summed E-state index contributed by atoms with van der Waals surface area (Å²) >= 11 is 6.05. The fourth-order valence-corrected chi connectivity index (χ4v) is 2.05. The van der Waals surface area contributed by atoms with E-state index in [0.717, 1.165) is 0 Å². The minimum absolute atomic E-state index is 0.276. The Balaban J connectivity index is 1.93. The third-order valence-corrected chi connectivity index (χ3v) is 3.22. The predicted octanol–water partition coefficient (Wildman–Crippen LogP) is 4.46. The van der Waals surface area contributed by atoms with Crippen LogP contribution in [0.5, 0.6) is 0 Å². The Morgan fingerprint density at radius 3 is 2.71 bits per heavy atom. The first-order valence-corrected chi connectivity index (χ1v) is 6.63. The summed E-state index contributed by atoms with van der Waals surface area (Å²) in [6, 6.07) is 16.7. The van der Waals surface area contributed by atoms with Gasteiger partial charge in [0.15, 0.2) is 5.58 Å². The van der Waals surface area contributed by atoms with Crippen LogP contribution in [0.15, 0.2) is 59.1 Å². The van der Waals surface area contributed by atoms with Gasteiger partial charge < -0.3 is 9.73 Å². The number of allylic oxidation sites excluding steroid dienone is 1. The van der Waals surface area contributed by atoms with E-state index in [0.29, 0.717) is 27.4 Å². The largest absolute Gasteiger partial charge is 0.435 e. The van der Waals surface area contributed by atoms with Crippen LogP contribution in [0, 0.1) is 11.3 Å². The average molecular weight is 296 g/mol. The highest BCUT2D eigenvalue weighted by atomic mass is 35.5. The Labute approximate surface area is 126 Å². The lowest BCUT2D eigenvalue weighted by Gasteiger charge is -2.02. The molecule has 0 spiro atoms. The number of para-hydroxylation sites is 3. The Morgan fingerprint density at radius 1 is 1.19 bits per heavy atom. The summed E-state index contributed by atoms with van der Waals surface area (Å²) in [5.41, 5.74) is 2.37. The molecule has 0 bridgehead atoms. The lowest BCUT2D eigenvalue weighted by Crippen LogP contribution is -1.91. The summed E-state index contributed by atoms with van der Waals surface area (Å²) < 4.78 is 5.56. The zero-order valence-electron chi connectivity index (χ0n) is 10.9. The zero-order chi connectivity index (χ0) is 14.7. The number of nitriles is 1. The molecule has 0 atom stereocenters. The van der Waals surface area contributed by atoms with E-state index in [2.05, 4.69) is 16.4 Å². The minimum atomic E-state index is 0.276. The van der Waals surface area contributed by atoms with E-state index in [1.165, 1.54) is 6.20 Å². The van der Waals surface area contributed by atoms with Gasteiger partial charge in [0.25, 0.3) is 0 Å². The molecule has 1 aromatic heterocycles. The maximum absolute atomic E-state index is 9.26. The molecule has 3 aromatic rings. The lowest BCUT2D eigenvalue weighted by molar-refractivity contribution is 0.586. The number of nitrogens with zero attached hydrogens (tertiary/aromatic N) is 2. The standard InChI is InChI=1S/C16H10ClN3O/c17-12-5-1-2-6-13(12)19-10-11(9-18)16-20-14-7-3-4-8-15(14)21-16/h1-8,10,19H/b11-10+. The predicted molar refractivity (Wildman–Crippen MR) is 82.7 cm³/mol. The topological polar surface area (TPSA) is 61.9 Å². The van der Waals surface area contributed by atoms with Crippen LogP contribution in [0.4, 0.5) is 5.69 Å². The number of hydrogen-bond acceptors (Lipinski definition) is 4. The van der Waals surface area contributed by atoms with Crippen molar-refractivity contribution in [2.75, 3.05) is 5.32 Å². The minimum Gasteiger partial charge on any atom is -0.435 e. The summed E-state index contributed by atoms with van der Waals surface area (Å²) in [5, 5.41) is 12.8. The van der Waals surface area contributed by atoms with Gasteiger partial charge in [-0.2, -0.15) is 5.26 Å². The normalized spacial score (nSPS) is 11.3. The van der Waals surface area contributed by atoms with Crippen molar-refractivity contribution in [1.29, 1.82) is 5.26 Å². The van der Waals surface area contributed by atoms with Crippen LogP contribution in [0.1, 0.15) is 5.89 Å². The second-order valence-electron chi connectivity index (χ2n) is 4.28. The van der Waals surface area contributed by atoms with E-state index >= 15 is 0 Å². The molecule has 5 heteroatoms. The molecule has 0 aliphatic rings. The van der Waals surface area contributed by atoms with Crippen LogP contribution in [-0.2, 0) is 0 Å². The lowest BCUT2D eigenvalue weighted by atomic mass is 10.3. The number of benzene rings is 2. The molecule has 3 rings (SSSR count). The van der Waals surface area contributed by atoms with E-state index in [4.69, 9.17) is 16.0 Å². The van der Waals surface area contributed by atoms with Crippen LogP contribution in [-0.4, -0.2) is 4.98 Å². The molecule has 0 fully saturated rings. The maximum Gasteiger partial charge on any atom is 0.239 e. The first kappa shape index (κ1) is 13.2. The molecule has 0 aliphatic heterocycles. The van der Waals surface area contributed by atoms with E-state index < -0.39 is 0 Å². The fourth-order valence-electron chi connectivity index (χ4n) is 1.86. The number of halogens is 1. The van der Waals surface area contributed by atoms with E-state index in [1.54, 1.807) is 6.07 Å². The fraction of sp³-hybridized carbons (Fsp3) is 0. The van der Waals surface area contributed by atoms with Gasteiger partial charge in [0.2, 0.25) is 5.89 Å². The van der Waals surface area contributed by atoms with E-state index in [9.17, 15) is 5.26 Å². The number of nitrogens with one attached hydrogen (secondary N) is 1. The van der Waals surface area contributed by atoms with E-state index in [1.807, 2.05) is 42.5 Å². The smallest absolute Gasteiger partial charge is 0.239 e. The Bertz CT molecular complexity index is 828. The molecule has 2 aromatic carbocycles. The number of rotatable bonds is 3. The summed E-state index contributed by atoms with van der Waals surface area (Å²) in [7, 11) is 0. The number of oxazole rings is 1. The second kappa shape index (κ2) is 5.70. The van der Waals surface area contributed by atoms with Crippen molar-refractivity contribution in [3.63, 3.8) is 0 Å². The molecule has 0 saturated carbocycles. The third-order valence-electron chi connectivity index (χ3n) is 2.89. The van der Waals surface area contributed by atoms with Gasteiger partial charge in [0.05, 0.1) is 10.7 Å². The van der Waals surface area contributed by atoms with Crippen LogP contribution >= 0.6 is 11.6 Å². The SMILES string of the molecule is N#C/C(=C\Nc1ccccc1Cl)c1nc2ccccc2o1. The molecule has 0 aliphatic carbocycles. The van der Waals surface area contributed by atoms with Gasteiger partial charge >= 0.3 is 0 Å². The van der Waals surface area contributed by atoms with Crippen molar-refractivity contribution in [2.45, 2.75) is 0 Å². The maximum atomic E-state index is 9.26. The molecule has 1 heterocycles. The summed E-state index contributed by atoms with van der Waals surface area (Å²) in [6.07, 6.45) is 1.53. The highest BCUT2D eigenvalue weighted by Crippen LogP contribution is 2.23.